The summed E-state index contributed by atoms with van der Waals surface area (Å²) in [7, 11) is 0. The minimum absolute atomic E-state index is 0.221. The molecule has 2 aromatic rings. The molecular formula is C10H8N4OS. The van der Waals surface area contributed by atoms with Gasteiger partial charge in [-0.3, -0.25) is 4.79 Å². The van der Waals surface area contributed by atoms with Crippen molar-refractivity contribution in [1.29, 1.82) is 0 Å². The highest BCUT2D eigenvalue weighted by molar-refractivity contribution is 7.99. The van der Waals surface area contributed by atoms with E-state index in [1.165, 1.54) is 24.2 Å². The molecule has 0 spiro atoms. The number of nitrogens with zero attached hydrogens (tertiary/aromatic N) is 2. The maximum atomic E-state index is 11.4. The normalized spacial score (nSPS) is 9.75. The number of allylic oxidation sites excluding steroid dienone is 1. The van der Waals surface area contributed by atoms with Crippen LogP contribution in [0.5, 0.6) is 0 Å². The summed E-state index contributed by atoms with van der Waals surface area (Å²) in [6.07, 6.45) is 2.86. The lowest BCUT2D eigenvalue weighted by Gasteiger charge is -1.86. The van der Waals surface area contributed by atoms with Crippen molar-refractivity contribution in [2.24, 2.45) is 0 Å². The number of aromatic nitrogens is 4. The molecule has 0 radical (unpaired) electrons. The molecule has 0 bridgehead atoms. The van der Waals surface area contributed by atoms with Gasteiger partial charge in [0, 0.05) is 0 Å². The van der Waals surface area contributed by atoms with Crippen molar-refractivity contribution in [3.8, 4) is 11.8 Å². The van der Waals surface area contributed by atoms with Gasteiger partial charge in [-0.15, -0.1) is 0 Å². The van der Waals surface area contributed by atoms with Crippen LogP contribution in [0.1, 0.15) is 0 Å². The molecule has 0 amide bonds. The monoisotopic (exact) mass is 232 g/mol. The molecule has 0 saturated carbocycles. The molecule has 2 rings (SSSR count). The number of imidazole rings is 1. The molecule has 0 aromatic carbocycles. The molecule has 0 saturated heterocycles. The number of thioether (sulfide) groups is 1. The number of rotatable bonds is 2. The van der Waals surface area contributed by atoms with Crippen molar-refractivity contribution < 1.29 is 0 Å². The molecule has 2 heterocycles. The van der Waals surface area contributed by atoms with Crippen molar-refractivity contribution in [3.63, 3.8) is 0 Å². The second-order valence-corrected chi connectivity index (χ2v) is 3.75. The summed E-state index contributed by atoms with van der Waals surface area (Å²) in [5, 5.41) is 0.637. The molecular weight excluding hydrogens is 224 g/mol. The number of fused-ring (bicyclic) bond motifs is 1. The van der Waals surface area contributed by atoms with Crippen LogP contribution in [0.2, 0.25) is 0 Å². The summed E-state index contributed by atoms with van der Waals surface area (Å²) in [5.74, 6) is 6.19. The Morgan fingerprint density at radius 3 is 3.25 bits per heavy atom. The molecule has 6 heteroatoms. The van der Waals surface area contributed by atoms with Crippen LogP contribution in [-0.2, 0) is 0 Å². The summed E-state index contributed by atoms with van der Waals surface area (Å²) in [5.41, 5.74) is 0.589. The lowest BCUT2D eigenvalue weighted by molar-refractivity contribution is 1.07. The van der Waals surface area contributed by atoms with Gasteiger partial charge >= 0.3 is 0 Å². The predicted molar refractivity (Wildman–Crippen MR) is 63.2 cm³/mol. The van der Waals surface area contributed by atoms with Crippen LogP contribution < -0.4 is 5.56 Å². The molecule has 0 aliphatic heterocycles. The van der Waals surface area contributed by atoms with Gasteiger partial charge in [0.05, 0.1) is 12.1 Å². The first-order chi connectivity index (χ1) is 7.81. The molecule has 0 aliphatic rings. The Bertz CT molecular complexity index is 631. The Labute approximate surface area is 95.4 Å². The second kappa shape index (κ2) is 4.68. The smallest absolute Gasteiger partial charge is 0.276 e. The van der Waals surface area contributed by atoms with Crippen LogP contribution in [0.3, 0.4) is 0 Å². The summed E-state index contributed by atoms with van der Waals surface area (Å²) in [4.78, 5) is 24.8. The van der Waals surface area contributed by atoms with E-state index in [1.807, 2.05) is 0 Å². The fraction of sp³-hybridized carbons (Fsp3) is 0.100. The van der Waals surface area contributed by atoms with E-state index in [4.69, 9.17) is 0 Å². The Balaban J connectivity index is 2.23. The quantitative estimate of drug-likeness (QED) is 0.596. The van der Waals surface area contributed by atoms with Gasteiger partial charge in [0.2, 0.25) is 0 Å². The van der Waals surface area contributed by atoms with Gasteiger partial charge < -0.3 is 9.97 Å². The number of hydrogen-bond acceptors (Lipinski definition) is 4. The number of aromatic amines is 2. The van der Waals surface area contributed by atoms with Crippen LogP contribution in [0, 0.1) is 11.8 Å². The molecule has 0 fully saturated rings. The van der Waals surface area contributed by atoms with E-state index in [9.17, 15) is 4.79 Å². The average molecular weight is 232 g/mol. The zero-order chi connectivity index (χ0) is 11.4. The van der Waals surface area contributed by atoms with E-state index < -0.39 is 0 Å². The summed E-state index contributed by atoms with van der Waals surface area (Å²) >= 11 is 1.41. The minimum Gasteiger partial charge on any atom is -0.327 e. The maximum absolute atomic E-state index is 11.4. The van der Waals surface area contributed by atoms with Crippen LogP contribution in [0.25, 0.3) is 11.2 Å². The second-order valence-electron chi connectivity index (χ2n) is 2.79. The predicted octanol–water partition coefficient (Wildman–Crippen LogP) is 0.928. The third-order valence-corrected chi connectivity index (χ3v) is 2.51. The molecule has 0 unspecified atom stereocenters. The van der Waals surface area contributed by atoms with Crippen LogP contribution in [-0.4, -0.2) is 25.7 Å². The van der Waals surface area contributed by atoms with Gasteiger partial charge in [-0.2, -0.15) is 0 Å². The van der Waals surface area contributed by atoms with E-state index >= 15 is 0 Å². The van der Waals surface area contributed by atoms with Crippen LogP contribution in [0.4, 0.5) is 0 Å². The Morgan fingerprint density at radius 2 is 2.50 bits per heavy atom. The first kappa shape index (κ1) is 10.5. The zero-order valence-corrected chi connectivity index (χ0v) is 9.10. The van der Waals surface area contributed by atoms with Crippen molar-refractivity contribution in [2.45, 2.75) is 5.16 Å². The van der Waals surface area contributed by atoms with Crippen LogP contribution in [0.15, 0.2) is 28.9 Å². The van der Waals surface area contributed by atoms with Gasteiger partial charge in [0.25, 0.3) is 5.56 Å². The molecule has 16 heavy (non-hydrogen) atoms. The van der Waals surface area contributed by atoms with Crippen LogP contribution >= 0.6 is 11.8 Å². The highest BCUT2D eigenvalue weighted by Gasteiger charge is 2.05. The van der Waals surface area contributed by atoms with E-state index in [1.54, 1.807) is 0 Å². The lowest BCUT2D eigenvalue weighted by atomic mass is 10.6. The number of H-pyrrole nitrogens is 2. The van der Waals surface area contributed by atoms with Gasteiger partial charge in [-0.25, -0.2) is 9.97 Å². The van der Waals surface area contributed by atoms with E-state index in [-0.39, 0.29) is 5.56 Å². The summed E-state index contributed by atoms with van der Waals surface area (Å²) in [6.45, 7) is 3.49. The van der Waals surface area contributed by atoms with Crippen molar-refractivity contribution in [2.75, 3.05) is 5.75 Å². The SMILES string of the molecule is C=CC#CCSc1nc2nc[nH]c(=O)c2[nH]1. The van der Waals surface area contributed by atoms with Gasteiger partial charge in [-0.1, -0.05) is 30.2 Å². The van der Waals surface area contributed by atoms with Crippen molar-refractivity contribution in [3.05, 3.63) is 29.3 Å². The largest absolute Gasteiger partial charge is 0.327 e. The Hall–Kier alpha value is -2.00. The van der Waals surface area contributed by atoms with E-state index in [0.29, 0.717) is 22.1 Å². The number of nitrogens with one attached hydrogen (secondary N) is 2. The minimum atomic E-state index is -0.221. The maximum Gasteiger partial charge on any atom is 0.276 e. The molecule has 5 nitrogen and oxygen atoms in total. The molecule has 2 N–H and O–H groups in total. The third-order valence-electron chi connectivity index (χ3n) is 1.76. The van der Waals surface area contributed by atoms with E-state index in [2.05, 4.69) is 38.4 Å². The molecule has 80 valence electrons. The standard InChI is InChI=1S/C10H8N4OS/c1-2-3-4-5-16-10-13-7-8(14-10)11-6-12-9(7)15/h2,6H,1,5H2,(H2,11,12,13,14,15). The lowest BCUT2D eigenvalue weighted by Crippen LogP contribution is -2.05. The number of hydrogen-bond donors (Lipinski definition) is 2. The fourth-order valence-corrected chi connectivity index (χ4v) is 1.72. The Morgan fingerprint density at radius 1 is 1.62 bits per heavy atom. The van der Waals surface area contributed by atoms with Crippen molar-refractivity contribution >= 4 is 22.9 Å². The molecule has 0 atom stereocenters. The average Bonchev–Trinajstić information content (AvgIpc) is 2.69. The zero-order valence-electron chi connectivity index (χ0n) is 8.28. The third kappa shape index (κ3) is 2.15. The highest BCUT2D eigenvalue weighted by atomic mass is 32.2. The summed E-state index contributed by atoms with van der Waals surface area (Å²) in [6, 6.07) is 0. The fourth-order valence-electron chi connectivity index (χ4n) is 1.11. The van der Waals surface area contributed by atoms with Gasteiger partial charge in [0.1, 0.15) is 0 Å². The Kier molecular flexibility index (Phi) is 3.08. The molecule has 2 aromatic heterocycles. The van der Waals surface area contributed by atoms with Gasteiger partial charge in [0.15, 0.2) is 16.3 Å². The van der Waals surface area contributed by atoms with Gasteiger partial charge in [-0.05, 0) is 6.08 Å². The molecule has 0 aliphatic carbocycles. The topological polar surface area (TPSA) is 74.4 Å². The first-order valence-corrected chi connectivity index (χ1v) is 5.45. The van der Waals surface area contributed by atoms with E-state index in [0.717, 1.165) is 0 Å². The highest BCUT2D eigenvalue weighted by Crippen LogP contribution is 2.14. The van der Waals surface area contributed by atoms with Crippen molar-refractivity contribution in [1.82, 2.24) is 19.9 Å². The first-order valence-electron chi connectivity index (χ1n) is 4.47. The summed E-state index contributed by atoms with van der Waals surface area (Å²) < 4.78 is 0.